The Labute approximate surface area is 602 Å². The van der Waals surface area contributed by atoms with Crippen LogP contribution in [-0.4, -0.2) is 102 Å². The molecule has 1 aliphatic rings. The average Bonchev–Trinajstić information content (AvgIpc) is 1.52. The first-order valence-corrected chi connectivity index (χ1v) is 34.0. The molecule has 0 spiro atoms. The van der Waals surface area contributed by atoms with E-state index < -0.39 is 16.2 Å². The molecule has 9 aromatic rings. The number of phenols is 6. The molecule has 9 aromatic carbocycles. The van der Waals surface area contributed by atoms with Crippen LogP contribution in [0.4, 0.5) is 0 Å². The lowest BCUT2D eigenvalue weighted by molar-refractivity contribution is 0.174. The van der Waals surface area contributed by atoms with Gasteiger partial charge in [0.2, 0.25) is 0 Å². The zero-order chi connectivity index (χ0) is 74.4. The third-order valence-electron chi connectivity index (χ3n) is 19.6. The maximum atomic E-state index is 11.1. The molecule has 16 nitrogen and oxygen atoms in total. The predicted molar refractivity (Wildman–Crippen MR) is 399 cm³/mol. The molecule has 0 fully saturated rings. The molecule has 0 aromatic heterocycles. The normalized spacial score (nSPS) is 12.5. The van der Waals surface area contributed by atoms with Crippen molar-refractivity contribution in [3.8, 4) is 45.6 Å². The van der Waals surface area contributed by atoms with Gasteiger partial charge in [-0.15, -0.1) is 0 Å². The van der Waals surface area contributed by atoms with Gasteiger partial charge in [-0.1, -0.05) is 120 Å². The maximum Gasteiger partial charge on any atom is 0.126 e. The quantitative estimate of drug-likeness (QED) is 0.0264. The van der Waals surface area contributed by atoms with Crippen molar-refractivity contribution in [2.75, 3.05) is 71.1 Å². The van der Waals surface area contributed by atoms with E-state index in [1.165, 1.54) is 27.8 Å². The summed E-state index contributed by atoms with van der Waals surface area (Å²) in [5.74, 6) is 1.25. The lowest BCUT2D eigenvalue weighted by Gasteiger charge is -2.35. The van der Waals surface area contributed by atoms with Gasteiger partial charge in [-0.3, -0.25) is 0 Å². The summed E-state index contributed by atoms with van der Waals surface area (Å²) in [6, 6.07) is 49.7. The van der Waals surface area contributed by atoms with Crippen LogP contribution in [0.25, 0.3) is 11.1 Å². The summed E-state index contributed by atoms with van der Waals surface area (Å²) < 4.78 is 53.8. The van der Waals surface area contributed by atoms with Crippen molar-refractivity contribution in [3.63, 3.8) is 0 Å². The summed E-state index contributed by atoms with van der Waals surface area (Å²) in [6.45, 7) is 19.6. The van der Waals surface area contributed by atoms with Crippen LogP contribution in [-0.2, 0) is 135 Å². The Bertz CT molecular complexity index is 4050. The van der Waals surface area contributed by atoms with Crippen molar-refractivity contribution >= 4 is 0 Å². The van der Waals surface area contributed by atoms with E-state index in [2.05, 4.69) is 139 Å². The first-order chi connectivity index (χ1) is 48.7. The topological polar surface area (TPSA) is 214 Å². The van der Waals surface area contributed by atoms with E-state index in [0.29, 0.717) is 59.8 Å². The second-order valence-corrected chi connectivity index (χ2v) is 27.9. The number of rotatable bonds is 27. The second kappa shape index (κ2) is 34.6. The van der Waals surface area contributed by atoms with Crippen molar-refractivity contribution < 1.29 is 78.0 Å². The zero-order valence-corrected chi connectivity index (χ0v) is 62.7. The predicted octanol–water partition coefficient (Wildman–Crippen LogP) is 16.7. The Hall–Kier alpha value is -8.62. The van der Waals surface area contributed by atoms with Crippen molar-refractivity contribution in [3.05, 3.63) is 268 Å². The van der Waals surface area contributed by atoms with Gasteiger partial charge in [0.25, 0.3) is 0 Å². The minimum Gasteiger partial charge on any atom is -0.507 e. The van der Waals surface area contributed by atoms with Gasteiger partial charge in [0.1, 0.15) is 34.5 Å². The number of aryl methyl sites for hydroxylation is 2. The summed E-state index contributed by atoms with van der Waals surface area (Å²) in [6.07, 6.45) is 0. The summed E-state index contributed by atoms with van der Waals surface area (Å²) in [7, 11) is 16.1. The van der Waals surface area contributed by atoms with E-state index in [1.54, 1.807) is 71.1 Å². The Balaban J connectivity index is 0.000000218. The van der Waals surface area contributed by atoms with Crippen LogP contribution in [0.5, 0.6) is 34.5 Å². The summed E-state index contributed by atoms with van der Waals surface area (Å²) in [4.78, 5) is 0. The highest BCUT2D eigenvalue weighted by atomic mass is 16.5. The lowest BCUT2D eigenvalue weighted by Crippen LogP contribution is -2.29. The molecule has 6 N–H and O–H groups in total. The van der Waals surface area contributed by atoms with Crippen LogP contribution < -0.4 is 0 Å². The minimum absolute atomic E-state index is 0.0404. The standard InChI is InChI=1S/C41H52O9.C31H30O4.C14H22O3/c1-40(2,34-14-26(20-45-4)37(42)27(15-34)21-46-5)32-10-12-33(13-11-32)41(3,35-16-28(22-47-6)38(43)29(17-35)23-48-7)36-18-30(24-49-8)39(44)31(19-36)25-50-9;1-19-13-23(15-21(17-34-3)29(19)32)31(24-14-20(2)30(33)22(16-24)18-35-4)27-11-7-5-9-25(27)26-10-6-8-12-28(26)31;1-14(2,3)12-6-10(8-16-4)13(15)11(7-12)9-17-5/h10-19,42-44H,20-25H2,1-9H3;5-16,32-33H,17-18H2,1-4H3;6-7,15H,8-9H2,1-5H3. The number of phenolic OH excluding ortho intramolecular Hbond substituents is 6. The molecule has 0 saturated carbocycles. The molecular weight excluding hydrogens is 1290 g/mol. The average molecular weight is 1390 g/mol. The third kappa shape index (κ3) is 16.4. The maximum absolute atomic E-state index is 11.1. The van der Waals surface area contributed by atoms with E-state index in [1.807, 2.05) is 62.4 Å². The van der Waals surface area contributed by atoms with Crippen molar-refractivity contribution in [1.29, 1.82) is 0 Å². The van der Waals surface area contributed by atoms with E-state index in [-0.39, 0.29) is 79.6 Å². The van der Waals surface area contributed by atoms with Gasteiger partial charge in [0.05, 0.1) is 71.5 Å². The molecule has 544 valence electrons. The zero-order valence-electron chi connectivity index (χ0n) is 62.7. The number of aromatic hydroxyl groups is 6. The van der Waals surface area contributed by atoms with Crippen LogP contribution in [0.3, 0.4) is 0 Å². The fraction of sp³-hybridized carbons (Fsp3) is 0.372. The summed E-state index contributed by atoms with van der Waals surface area (Å²) in [5, 5.41) is 64.9. The molecule has 0 radical (unpaired) electrons. The molecule has 102 heavy (non-hydrogen) atoms. The Morgan fingerprint density at radius 2 is 0.520 bits per heavy atom. The van der Waals surface area contributed by atoms with Gasteiger partial charge in [-0.05, 0) is 165 Å². The minimum atomic E-state index is -0.782. The lowest BCUT2D eigenvalue weighted by atomic mass is 9.66. The molecule has 10 rings (SSSR count). The molecule has 0 unspecified atom stereocenters. The second-order valence-electron chi connectivity index (χ2n) is 27.9. The molecule has 16 heteroatoms. The SMILES string of the molecule is COCc1cc(C(C)(C)C)cc(COC)c1O.COCc1cc(C(C)(C)c2ccc(C(C)(c3cc(COC)c(O)c(COC)c3)c3cc(COC)c(O)c(COC)c3)cc2)cc(COC)c1O.COCc1cc(C2(c3cc(C)c(O)c(COC)c3)c3ccccc3-c3ccccc32)cc(C)c1O. The monoisotopic (exact) mass is 1390 g/mol. The molecule has 0 aliphatic heterocycles. The molecule has 0 bridgehead atoms. The Kier molecular flexibility index (Phi) is 26.8. The van der Waals surface area contributed by atoms with Crippen LogP contribution in [0.2, 0.25) is 0 Å². The smallest absolute Gasteiger partial charge is 0.126 e. The van der Waals surface area contributed by atoms with Crippen LogP contribution >= 0.6 is 0 Å². The highest BCUT2D eigenvalue weighted by molar-refractivity contribution is 5.86. The number of fused-ring (bicyclic) bond motifs is 3. The first kappa shape index (κ1) is 79.1. The van der Waals surface area contributed by atoms with Gasteiger partial charge in [-0.2, -0.15) is 0 Å². The molecular formula is C86H104O16. The van der Waals surface area contributed by atoms with E-state index in [9.17, 15) is 30.6 Å². The number of ether oxygens (including phenoxy) is 10. The highest BCUT2D eigenvalue weighted by Gasteiger charge is 2.47. The molecule has 0 heterocycles. The number of methoxy groups -OCH3 is 10. The fourth-order valence-electron chi connectivity index (χ4n) is 14.1. The Morgan fingerprint density at radius 3 is 0.794 bits per heavy atom. The Morgan fingerprint density at radius 1 is 0.275 bits per heavy atom. The summed E-state index contributed by atoms with van der Waals surface area (Å²) in [5.41, 5.74) is 19.7. The molecule has 0 saturated heterocycles. The van der Waals surface area contributed by atoms with E-state index >= 15 is 0 Å². The van der Waals surface area contributed by atoms with Crippen molar-refractivity contribution in [2.45, 2.75) is 143 Å². The largest absolute Gasteiger partial charge is 0.507 e. The molecule has 0 atom stereocenters. The van der Waals surface area contributed by atoms with Crippen LogP contribution in [0.15, 0.2) is 146 Å². The molecule has 0 amide bonds. The first-order valence-electron chi connectivity index (χ1n) is 34.0. The van der Waals surface area contributed by atoms with Gasteiger partial charge < -0.3 is 78.0 Å². The van der Waals surface area contributed by atoms with E-state index in [4.69, 9.17) is 47.4 Å². The van der Waals surface area contributed by atoms with Gasteiger partial charge >= 0.3 is 0 Å². The number of hydrogen-bond donors (Lipinski definition) is 6. The van der Waals surface area contributed by atoms with Crippen LogP contribution in [0.1, 0.15) is 164 Å². The number of hydrogen-bond acceptors (Lipinski definition) is 16. The fourth-order valence-corrected chi connectivity index (χ4v) is 14.1. The van der Waals surface area contributed by atoms with Gasteiger partial charge in [-0.25, -0.2) is 0 Å². The van der Waals surface area contributed by atoms with Gasteiger partial charge in [0, 0.05) is 138 Å². The number of benzene rings is 9. The van der Waals surface area contributed by atoms with E-state index in [0.717, 1.165) is 72.3 Å². The molecule has 1 aliphatic carbocycles. The van der Waals surface area contributed by atoms with Crippen molar-refractivity contribution in [2.24, 2.45) is 0 Å². The summed E-state index contributed by atoms with van der Waals surface area (Å²) >= 11 is 0. The van der Waals surface area contributed by atoms with Crippen molar-refractivity contribution in [1.82, 2.24) is 0 Å². The van der Waals surface area contributed by atoms with Crippen LogP contribution in [0, 0.1) is 13.8 Å². The van der Waals surface area contributed by atoms with Gasteiger partial charge in [0.15, 0.2) is 0 Å². The third-order valence-corrected chi connectivity index (χ3v) is 19.6. The highest BCUT2D eigenvalue weighted by Crippen LogP contribution is 2.57.